The lowest BCUT2D eigenvalue weighted by atomic mass is 9.87. The normalized spacial score (nSPS) is 11.1. The first-order chi connectivity index (χ1) is 12.3. The number of carbonyl (C=O) groups is 1. The molecule has 0 aromatic heterocycles. The molecule has 2 aromatic rings. The zero-order valence-electron chi connectivity index (χ0n) is 15.8. The molecule has 26 heavy (non-hydrogen) atoms. The summed E-state index contributed by atoms with van der Waals surface area (Å²) in [6.07, 6.45) is 0. The van der Waals surface area contributed by atoms with Crippen molar-refractivity contribution in [2.45, 2.75) is 33.1 Å². The molecule has 0 heterocycles. The van der Waals surface area contributed by atoms with E-state index in [-0.39, 0.29) is 17.9 Å². The predicted octanol–water partition coefficient (Wildman–Crippen LogP) is 4.52. The summed E-state index contributed by atoms with van der Waals surface area (Å²) in [5.74, 6) is 1.18. The molecule has 0 radical (unpaired) electrons. The molecule has 1 N–H and O–H groups in total. The second-order valence-electron chi connectivity index (χ2n) is 7.17. The predicted molar refractivity (Wildman–Crippen MR) is 105 cm³/mol. The number of halogens is 1. The van der Waals surface area contributed by atoms with E-state index in [1.54, 1.807) is 6.07 Å². The maximum Gasteiger partial charge on any atom is 0.258 e. The first-order valence-electron chi connectivity index (χ1n) is 8.65. The monoisotopic (exact) mass is 375 g/mol. The third kappa shape index (κ3) is 6.26. The zero-order chi connectivity index (χ0) is 19.2. The Balaban J connectivity index is 1.68. The molecule has 0 spiro atoms. The maximum absolute atomic E-state index is 11.8. The van der Waals surface area contributed by atoms with Gasteiger partial charge in [0.25, 0.3) is 5.91 Å². The van der Waals surface area contributed by atoms with E-state index in [9.17, 15) is 4.79 Å². The molecule has 0 aliphatic carbocycles. The Kier molecular flexibility index (Phi) is 6.92. The van der Waals surface area contributed by atoms with Gasteiger partial charge in [-0.2, -0.15) is 0 Å². The molecule has 5 heteroatoms. The smallest absolute Gasteiger partial charge is 0.258 e. The van der Waals surface area contributed by atoms with Gasteiger partial charge in [-0.15, -0.1) is 0 Å². The van der Waals surface area contributed by atoms with Crippen molar-refractivity contribution in [3.05, 3.63) is 58.6 Å². The lowest BCUT2D eigenvalue weighted by Gasteiger charge is -2.19. The largest absolute Gasteiger partial charge is 0.492 e. The van der Waals surface area contributed by atoms with Crippen LogP contribution in [0, 0.1) is 6.92 Å². The Morgan fingerprint density at radius 1 is 1.04 bits per heavy atom. The van der Waals surface area contributed by atoms with Crippen molar-refractivity contribution in [1.29, 1.82) is 0 Å². The number of hydrogen-bond acceptors (Lipinski definition) is 3. The van der Waals surface area contributed by atoms with Crippen LogP contribution in [0.5, 0.6) is 11.5 Å². The molecule has 2 aromatic carbocycles. The SMILES string of the molecule is Cc1ccc(OCCNC(=O)COc2ccc(C(C)(C)C)cc2)cc1Cl. The van der Waals surface area contributed by atoms with E-state index >= 15 is 0 Å². The zero-order valence-corrected chi connectivity index (χ0v) is 16.5. The van der Waals surface area contributed by atoms with Crippen LogP contribution in [0.3, 0.4) is 0 Å². The fourth-order valence-corrected chi connectivity index (χ4v) is 2.44. The van der Waals surface area contributed by atoms with Crippen molar-refractivity contribution in [2.24, 2.45) is 0 Å². The molecule has 0 atom stereocenters. The van der Waals surface area contributed by atoms with Gasteiger partial charge in [0.05, 0.1) is 6.54 Å². The van der Waals surface area contributed by atoms with Crippen LogP contribution in [0.25, 0.3) is 0 Å². The quantitative estimate of drug-likeness (QED) is 0.724. The van der Waals surface area contributed by atoms with Crippen molar-refractivity contribution < 1.29 is 14.3 Å². The average molecular weight is 376 g/mol. The van der Waals surface area contributed by atoms with Gasteiger partial charge in [-0.1, -0.05) is 50.6 Å². The molecule has 140 valence electrons. The fraction of sp³-hybridized carbons (Fsp3) is 0.381. The molecule has 0 aliphatic heterocycles. The Hall–Kier alpha value is -2.20. The highest BCUT2D eigenvalue weighted by Gasteiger charge is 2.13. The van der Waals surface area contributed by atoms with Crippen LogP contribution in [0.1, 0.15) is 31.9 Å². The summed E-state index contributed by atoms with van der Waals surface area (Å²) in [6, 6.07) is 13.3. The van der Waals surface area contributed by atoms with Crippen LogP contribution < -0.4 is 14.8 Å². The first-order valence-corrected chi connectivity index (χ1v) is 9.02. The van der Waals surface area contributed by atoms with Gasteiger partial charge in [0, 0.05) is 5.02 Å². The Bertz CT molecular complexity index is 736. The first kappa shape index (κ1) is 20.1. The number of carbonyl (C=O) groups excluding carboxylic acids is 1. The lowest BCUT2D eigenvalue weighted by Crippen LogP contribution is -2.32. The summed E-state index contributed by atoms with van der Waals surface area (Å²) >= 11 is 6.04. The minimum Gasteiger partial charge on any atom is -0.492 e. The Labute approximate surface area is 160 Å². The molecule has 0 saturated carbocycles. The van der Waals surface area contributed by atoms with E-state index in [2.05, 4.69) is 26.1 Å². The summed E-state index contributed by atoms with van der Waals surface area (Å²) in [5.41, 5.74) is 2.32. The standard InChI is InChI=1S/C21H26ClNO3/c1-15-5-8-18(13-19(15)22)25-12-11-23-20(24)14-26-17-9-6-16(7-10-17)21(2,3)4/h5-10,13H,11-12,14H2,1-4H3,(H,23,24). The van der Waals surface area contributed by atoms with Gasteiger partial charge in [-0.05, 0) is 47.7 Å². The second kappa shape index (κ2) is 8.95. The fourth-order valence-electron chi connectivity index (χ4n) is 2.27. The number of rotatable bonds is 7. The number of nitrogens with one attached hydrogen (secondary N) is 1. The minimum atomic E-state index is -0.185. The average Bonchev–Trinajstić information content (AvgIpc) is 2.59. The molecule has 0 bridgehead atoms. The molecular formula is C21H26ClNO3. The van der Waals surface area contributed by atoms with Crippen LogP contribution in [0.4, 0.5) is 0 Å². The van der Waals surface area contributed by atoms with Gasteiger partial charge in [0.1, 0.15) is 18.1 Å². The Morgan fingerprint density at radius 3 is 2.31 bits per heavy atom. The van der Waals surface area contributed by atoms with Gasteiger partial charge >= 0.3 is 0 Å². The summed E-state index contributed by atoms with van der Waals surface area (Å²) in [5, 5.41) is 3.43. The number of ether oxygens (including phenoxy) is 2. The minimum absolute atomic E-state index is 0.0226. The van der Waals surface area contributed by atoms with E-state index in [4.69, 9.17) is 21.1 Å². The van der Waals surface area contributed by atoms with E-state index < -0.39 is 0 Å². The molecule has 1 amide bonds. The lowest BCUT2D eigenvalue weighted by molar-refractivity contribution is -0.123. The van der Waals surface area contributed by atoms with Crippen molar-refractivity contribution in [1.82, 2.24) is 5.32 Å². The van der Waals surface area contributed by atoms with Crippen molar-refractivity contribution >= 4 is 17.5 Å². The van der Waals surface area contributed by atoms with Gasteiger partial charge in [-0.3, -0.25) is 4.79 Å². The van der Waals surface area contributed by atoms with E-state index in [1.807, 2.05) is 43.3 Å². The van der Waals surface area contributed by atoms with Crippen molar-refractivity contribution in [3.63, 3.8) is 0 Å². The highest BCUT2D eigenvalue weighted by Crippen LogP contribution is 2.24. The molecular weight excluding hydrogens is 350 g/mol. The number of amides is 1. The van der Waals surface area contributed by atoms with E-state index in [0.717, 1.165) is 5.56 Å². The molecule has 0 unspecified atom stereocenters. The third-order valence-corrected chi connectivity index (χ3v) is 4.33. The Morgan fingerprint density at radius 2 is 1.69 bits per heavy atom. The molecule has 0 fully saturated rings. The van der Waals surface area contributed by atoms with Gasteiger partial charge in [-0.25, -0.2) is 0 Å². The van der Waals surface area contributed by atoms with Crippen LogP contribution in [0.2, 0.25) is 5.02 Å². The number of hydrogen-bond donors (Lipinski definition) is 1. The van der Waals surface area contributed by atoms with Crippen molar-refractivity contribution in [2.75, 3.05) is 19.8 Å². The number of aryl methyl sites for hydroxylation is 1. The maximum atomic E-state index is 11.8. The summed E-state index contributed by atoms with van der Waals surface area (Å²) in [6.45, 7) is 9.14. The van der Waals surface area contributed by atoms with Gasteiger partial charge < -0.3 is 14.8 Å². The summed E-state index contributed by atoms with van der Waals surface area (Å²) < 4.78 is 11.1. The number of benzene rings is 2. The molecule has 0 saturated heterocycles. The van der Waals surface area contributed by atoms with E-state index in [0.29, 0.717) is 29.7 Å². The van der Waals surface area contributed by atoms with E-state index in [1.165, 1.54) is 5.56 Å². The second-order valence-corrected chi connectivity index (χ2v) is 7.58. The van der Waals surface area contributed by atoms with Gasteiger partial charge in [0.2, 0.25) is 0 Å². The third-order valence-electron chi connectivity index (χ3n) is 3.93. The summed E-state index contributed by atoms with van der Waals surface area (Å²) in [7, 11) is 0. The highest BCUT2D eigenvalue weighted by molar-refractivity contribution is 6.31. The molecule has 0 aliphatic rings. The van der Waals surface area contributed by atoms with Gasteiger partial charge in [0.15, 0.2) is 6.61 Å². The van der Waals surface area contributed by atoms with Crippen LogP contribution in [0.15, 0.2) is 42.5 Å². The topological polar surface area (TPSA) is 47.6 Å². The summed E-state index contributed by atoms with van der Waals surface area (Å²) in [4.78, 5) is 11.8. The van der Waals surface area contributed by atoms with Crippen LogP contribution in [-0.4, -0.2) is 25.7 Å². The van der Waals surface area contributed by atoms with Crippen LogP contribution >= 0.6 is 11.6 Å². The molecule has 4 nitrogen and oxygen atoms in total. The highest BCUT2D eigenvalue weighted by atomic mass is 35.5. The van der Waals surface area contributed by atoms with Crippen LogP contribution in [-0.2, 0) is 10.2 Å². The molecule has 2 rings (SSSR count). The van der Waals surface area contributed by atoms with Crippen molar-refractivity contribution in [3.8, 4) is 11.5 Å².